The number of unbranched alkanes of at least 4 members (excludes halogenated alkanes) is 1. The number of hydrogen-bond acceptors (Lipinski definition) is 2. The van der Waals surface area contributed by atoms with E-state index in [-0.39, 0.29) is 5.82 Å². The second kappa shape index (κ2) is 6.04. The van der Waals surface area contributed by atoms with Gasteiger partial charge in [0.25, 0.3) is 0 Å². The molecule has 0 saturated heterocycles. The fourth-order valence-corrected chi connectivity index (χ4v) is 2.64. The Bertz CT molecular complexity index is 548. The van der Waals surface area contributed by atoms with Gasteiger partial charge in [-0.1, -0.05) is 33.1 Å². The first kappa shape index (κ1) is 13.8. The average Bonchev–Trinajstić information content (AvgIpc) is 2.70. The summed E-state index contributed by atoms with van der Waals surface area (Å²) in [5.41, 5.74) is 7.62. The summed E-state index contributed by atoms with van der Waals surface area (Å²) in [6, 6.07) is 4.98. The minimum atomic E-state index is -0.237. The lowest BCUT2D eigenvalue weighted by molar-refractivity contribution is 0.430. The predicted octanol–water partition coefficient (Wildman–Crippen LogP) is 4.29. The van der Waals surface area contributed by atoms with Gasteiger partial charge < -0.3 is 10.3 Å². The van der Waals surface area contributed by atoms with E-state index in [2.05, 4.69) is 18.8 Å². The smallest absolute Gasteiger partial charge is 0.201 e. The van der Waals surface area contributed by atoms with Gasteiger partial charge >= 0.3 is 0 Å². The summed E-state index contributed by atoms with van der Waals surface area (Å²) in [4.78, 5) is 4.34. The summed E-state index contributed by atoms with van der Waals surface area (Å²) in [7, 11) is 0. The monoisotopic (exact) mass is 263 g/mol. The number of benzene rings is 1. The second-order valence-corrected chi connectivity index (χ2v) is 5.06. The summed E-state index contributed by atoms with van der Waals surface area (Å²) in [6.07, 6.45) is 5.51. The van der Waals surface area contributed by atoms with Crippen LogP contribution in [0.3, 0.4) is 0 Å². The number of aromatic nitrogens is 2. The number of nitrogen functional groups attached to an aromatic ring is 1. The fraction of sp³-hybridized carbons (Fsp3) is 0.533. The molecule has 3 nitrogen and oxygen atoms in total. The SMILES string of the molecule is CCCCC(CCC)n1c(N)nc2ccc(F)cc21. The van der Waals surface area contributed by atoms with Crippen molar-refractivity contribution in [3.8, 4) is 0 Å². The van der Waals surface area contributed by atoms with Crippen LogP contribution in [0.25, 0.3) is 11.0 Å². The Hall–Kier alpha value is -1.58. The van der Waals surface area contributed by atoms with Gasteiger partial charge in [-0.05, 0) is 31.0 Å². The van der Waals surface area contributed by atoms with Crippen LogP contribution in [0, 0.1) is 5.82 Å². The van der Waals surface area contributed by atoms with Crippen molar-refractivity contribution in [3.63, 3.8) is 0 Å². The summed E-state index contributed by atoms with van der Waals surface area (Å²) in [5, 5.41) is 0. The van der Waals surface area contributed by atoms with Gasteiger partial charge in [-0.25, -0.2) is 9.37 Å². The van der Waals surface area contributed by atoms with Crippen molar-refractivity contribution >= 4 is 17.0 Å². The highest BCUT2D eigenvalue weighted by atomic mass is 19.1. The van der Waals surface area contributed by atoms with Gasteiger partial charge in [0, 0.05) is 6.04 Å². The maximum absolute atomic E-state index is 13.4. The Kier molecular flexibility index (Phi) is 4.40. The Balaban J connectivity index is 2.44. The molecule has 1 atom stereocenters. The van der Waals surface area contributed by atoms with Crippen LogP contribution in [-0.2, 0) is 0 Å². The zero-order chi connectivity index (χ0) is 13.8. The molecule has 0 aliphatic heterocycles. The molecule has 0 radical (unpaired) electrons. The Morgan fingerprint density at radius 2 is 2.05 bits per heavy atom. The van der Waals surface area contributed by atoms with E-state index < -0.39 is 0 Å². The molecule has 0 bridgehead atoms. The number of nitrogens with zero attached hydrogens (tertiary/aromatic N) is 2. The number of imidazole rings is 1. The van der Waals surface area contributed by atoms with Gasteiger partial charge in [-0.2, -0.15) is 0 Å². The van der Waals surface area contributed by atoms with Crippen LogP contribution in [0.2, 0.25) is 0 Å². The lowest BCUT2D eigenvalue weighted by atomic mass is 10.0. The molecule has 0 aliphatic carbocycles. The standard InChI is InChI=1S/C15H22FN3/c1-3-5-7-12(6-4-2)19-14-10-11(16)8-9-13(14)18-15(19)17/h8-10,12H,3-7H2,1-2H3,(H2,17,18). The molecule has 2 N–H and O–H groups in total. The zero-order valence-electron chi connectivity index (χ0n) is 11.7. The van der Waals surface area contributed by atoms with E-state index in [1.165, 1.54) is 12.1 Å². The van der Waals surface area contributed by atoms with E-state index >= 15 is 0 Å². The van der Waals surface area contributed by atoms with E-state index in [9.17, 15) is 4.39 Å². The van der Waals surface area contributed by atoms with Crippen LogP contribution in [0.4, 0.5) is 10.3 Å². The van der Waals surface area contributed by atoms with Crippen LogP contribution in [-0.4, -0.2) is 9.55 Å². The highest BCUT2D eigenvalue weighted by Gasteiger charge is 2.17. The largest absolute Gasteiger partial charge is 0.369 e. The molecule has 0 saturated carbocycles. The molecular formula is C15H22FN3. The Labute approximate surface area is 113 Å². The first-order chi connectivity index (χ1) is 9.17. The van der Waals surface area contributed by atoms with E-state index in [0.717, 1.165) is 43.1 Å². The third kappa shape index (κ3) is 2.88. The van der Waals surface area contributed by atoms with E-state index in [1.54, 1.807) is 6.07 Å². The van der Waals surface area contributed by atoms with Crippen LogP contribution in [0.1, 0.15) is 52.0 Å². The normalized spacial score (nSPS) is 13.0. The number of halogens is 1. The lowest BCUT2D eigenvalue weighted by Gasteiger charge is -2.20. The van der Waals surface area contributed by atoms with Gasteiger partial charge in [-0.15, -0.1) is 0 Å². The Morgan fingerprint density at radius 1 is 1.26 bits per heavy atom. The van der Waals surface area contributed by atoms with Gasteiger partial charge in [0.1, 0.15) is 5.82 Å². The summed E-state index contributed by atoms with van der Waals surface area (Å²) < 4.78 is 15.5. The first-order valence-corrected chi connectivity index (χ1v) is 7.10. The Morgan fingerprint density at radius 3 is 2.74 bits per heavy atom. The number of hydrogen-bond donors (Lipinski definition) is 1. The van der Waals surface area contributed by atoms with Gasteiger partial charge in [0.15, 0.2) is 0 Å². The summed E-state index contributed by atoms with van der Waals surface area (Å²) in [6.45, 7) is 4.34. The summed E-state index contributed by atoms with van der Waals surface area (Å²) in [5.74, 6) is 0.259. The summed E-state index contributed by atoms with van der Waals surface area (Å²) >= 11 is 0. The molecule has 19 heavy (non-hydrogen) atoms. The molecule has 1 heterocycles. The molecule has 1 aromatic heterocycles. The van der Waals surface area contributed by atoms with Crippen LogP contribution >= 0.6 is 0 Å². The molecular weight excluding hydrogens is 241 g/mol. The van der Waals surface area contributed by atoms with Crippen molar-refractivity contribution in [2.75, 3.05) is 5.73 Å². The molecule has 2 rings (SSSR count). The predicted molar refractivity (Wildman–Crippen MR) is 77.6 cm³/mol. The quantitative estimate of drug-likeness (QED) is 0.845. The number of fused-ring (bicyclic) bond motifs is 1. The molecule has 1 unspecified atom stereocenters. The fourth-order valence-electron chi connectivity index (χ4n) is 2.64. The lowest BCUT2D eigenvalue weighted by Crippen LogP contribution is -2.12. The van der Waals surface area contributed by atoms with Crippen molar-refractivity contribution in [2.45, 2.75) is 52.0 Å². The van der Waals surface area contributed by atoms with Crippen LogP contribution < -0.4 is 5.73 Å². The molecule has 104 valence electrons. The van der Waals surface area contributed by atoms with Crippen molar-refractivity contribution in [2.24, 2.45) is 0 Å². The van der Waals surface area contributed by atoms with Crippen LogP contribution in [0.5, 0.6) is 0 Å². The third-order valence-corrected chi connectivity index (χ3v) is 3.56. The number of rotatable bonds is 6. The highest BCUT2D eigenvalue weighted by Crippen LogP contribution is 2.29. The van der Waals surface area contributed by atoms with Crippen molar-refractivity contribution in [3.05, 3.63) is 24.0 Å². The molecule has 0 aliphatic rings. The topological polar surface area (TPSA) is 43.8 Å². The second-order valence-electron chi connectivity index (χ2n) is 5.06. The minimum absolute atomic E-state index is 0.237. The highest BCUT2D eigenvalue weighted by molar-refractivity contribution is 5.78. The number of nitrogens with two attached hydrogens (primary N) is 1. The molecule has 0 spiro atoms. The molecule has 0 fully saturated rings. The molecule has 2 aromatic rings. The molecule has 0 amide bonds. The maximum Gasteiger partial charge on any atom is 0.201 e. The van der Waals surface area contributed by atoms with Crippen LogP contribution in [0.15, 0.2) is 18.2 Å². The zero-order valence-corrected chi connectivity index (χ0v) is 11.7. The van der Waals surface area contributed by atoms with E-state index in [4.69, 9.17) is 5.73 Å². The van der Waals surface area contributed by atoms with Crippen molar-refractivity contribution in [1.82, 2.24) is 9.55 Å². The van der Waals surface area contributed by atoms with Crippen molar-refractivity contribution < 1.29 is 4.39 Å². The average molecular weight is 263 g/mol. The number of anilines is 1. The molecule has 4 heteroatoms. The van der Waals surface area contributed by atoms with Crippen molar-refractivity contribution in [1.29, 1.82) is 0 Å². The van der Waals surface area contributed by atoms with Gasteiger partial charge in [0.05, 0.1) is 11.0 Å². The minimum Gasteiger partial charge on any atom is -0.369 e. The van der Waals surface area contributed by atoms with E-state index in [0.29, 0.717) is 12.0 Å². The van der Waals surface area contributed by atoms with E-state index in [1.807, 2.05) is 4.57 Å². The first-order valence-electron chi connectivity index (χ1n) is 7.10. The maximum atomic E-state index is 13.4. The molecule has 1 aromatic carbocycles. The third-order valence-electron chi connectivity index (χ3n) is 3.56. The van der Waals surface area contributed by atoms with Gasteiger partial charge in [-0.3, -0.25) is 0 Å². The van der Waals surface area contributed by atoms with Gasteiger partial charge in [0.2, 0.25) is 5.95 Å².